The summed E-state index contributed by atoms with van der Waals surface area (Å²) in [5.41, 5.74) is 3.41. The maximum atomic E-state index is 14.3. The minimum absolute atomic E-state index is 0.0340. The zero-order valence-corrected chi connectivity index (χ0v) is 49.2. The third-order valence-electron chi connectivity index (χ3n) is 12.5. The molecule has 0 radical (unpaired) electrons. The van der Waals surface area contributed by atoms with E-state index in [9.17, 15) is 38.7 Å². The highest BCUT2D eigenvalue weighted by Gasteiger charge is 2.32. The van der Waals surface area contributed by atoms with Gasteiger partial charge in [0.15, 0.2) is 0 Å². The minimum atomic E-state index is -0.979. The Hall–Kier alpha value is -7.60. The van der Waals surface area contributed by atoms with Gasteiger partial charge in [-0.15, -0.1) is 68.0 Å². The number of hydrogen-bond acceptors (Lipinski definition) is 21. The number of carbonyl (C=O) groups excluding carboxylic acids is 6. The number of aliphatic carboxylic acids is 1. The summed E-state index contributed by atoms with van der Waals surface area (Å²) < 4.78 is 5.46. The Morgan fingerprint density at radius 3 is 2.19 bits per heavy atom. The molecule has 1 aliphatic rings. The number of aryl methyl sites for hydroxylation is 1. The van der Waals surface area contributed by atoms with Gasteiger partial charge in [-0.05, 0) is 43.4 Å². The summed E-state index contributed by atoms with van der Waals surface area (Å²) >= 11 is 7.44. The Morgan fingerprint density at radius 2 is 1.44 bits per heavy atom. The highest BCUT2D eigenvalue weighted by atomic mass is 32.1. The van der Waals surface area contributed by atoms with Crippen molar-refractivity contribution in [1.82, 2.24) is 61.5 Å². The van der Waals surface area contributed by atoms with E-state index < -0.39 is 60.2 Å². The van der Waals surface area contributed by atoms with Gasteiger partial charge in [0.2, 0.25) is 17.7 Å². The maximum absolute atomic E-state index is 14.3. The number of fused-ring (bicyclic) bond motifs is 14. The molecule has 3 atom stereocenters. The van der Waals surface area contributed by atoms with Crippen LogP contribution >= 0.6 is 68.0 Å². The van der Waals surface area contributed by atoms with Crippen molar-refractivity contribution in [2.75, 3.05) is 32.1 Å². The number of thiazole rings is 6. The summed E-state index contributed by atoms with van der Waals surface area (Å²) in [5, 5.41) is 33.3. The number of methoxy groups -OCH3 is 1. The highest BCUT2D eigenvalue weighted by molar-refractivity contribution is 7.15. The summed E-state index contributed by atoms with van der Waals surface area (Å²) in [5.74, 6) is -3.79. The summed E-state index contributed by atoms with van der Waals surface area (Å²) in [7, 11) is 2.96. The van der Waals surface area contributed by atoms with Crippen molar-refractivity contribution < 1.29 is 43.4 Å². The lowest BCUT2D eigenvalue weighted by Crippen LogP contribution is -2.39. The smallest absolute Gasteiger partial charge is 0.303 e. The van der Waals surface area contributed by atoms with Crippen molar-refractivity contribution in [2.45, 2.75) is 78.1 Å². The third-order valence-corrected chi connectivity index (χ3v) is 18.3. The summed E-state index contributed by atoms with van der Waals surface area (Å²) in [4.78, 5) is 130. The van der Waals surface area contributed by atoms with E-state index in [1.165, 1.54) is 82.7 Å². The van der Waals surface area contributed by atoms with Gasteiger partial charge in [0.1, 0.15) is 70.0 Å². The van der Waals surface area contributed by atoms with Crippen LogP contribution in [0.5, 0.6) is 0 Å². The number of anilines is 1. The number of hydrogen-bond donors (Lipinski definition) is 6. The summed E-state index contributed by atoms with van der Waals surface area (Å²) in [6.45, 7) is 6.68. The summed E-state index contributed by atoms with van der Waals surface area (Å²) in [6, 6.07) is 10.9. The molecule has 8 heterocycles. The first-order chi connectivity index (χ1) is 39.0. The number of benzene rings is 1. The molecule has 9 rings (SSSR count). The number of aromatic nitrogens is 7. The number of amides is 6. The van der Waals surface area contributed by atoms with Gasteiger partial charge >= 0.3 is 5.97 Å². The first kappa shape index (κ1) is 58.1. The molecule has 7 aromatic heterocycles. The fourth-order valence-corrected chi connectivity index (χ4v) is 14.0. The Kier molecular flexibility index (Phi) is 18.6. The van der Waals surface area contributed by atoms with E-state index in [0.29, 0.717) is 80.4 Å². The molecule has 1 aromatic carbocycles. The predicted octanol–water partition coefficient (Wildman–Crippen LogP) is 8.04. The molecular weight excluding hydrogens is 1160 g/mol. The van der Waals surface area contributed by atoms with Gasteiger partial charge in [-0.1, -0.05) is 44.2 Å². The Balaban J connectivity index is 1.12. The normalized spacial score (nSPS) is 16.0. The zero-order chi connectivity index (χ0) is 57.5. The molecule has 420 valence electrons. The topological polar surface area (TPSA) is 303 Å². The lowest BCUT2D eigenvalue weighted by Gasteiger charge is -2.20. The number of nitrogens with zero attached hydrogens (tertiary/aromatic N) is 8. The number of rotatable bonds is 13. The maximum Gasteiger partial charge on any atom is 0.303 e. The zero-order valence-electron chi connectivity index (χ0n) is 44.4. The second-order valence-corrected chi connectivity index (χ2v) is 24.5. The monoisotopic (exact) mass is 1210 g/mol. The fraction of sp³-hybridized carbons (Fsp3) is 0.321. The fourth-order valence-electron chi connectivity index (χ4n) is 8.49. The molecule has 6 amide bonds. The highest BCUT2D eigenvalue weighted by Crippen LogP contribution is 2.39. The molecule has 0 saturated carbocycles. The average Bonchev–Trinajstić information content (AvgIpc) is 4.36. The number of ether oxygens (including phenoxy) is 1. The molecule has 0 saturated heterocycles. The van der Waals surface area contributed by atoms with Crippen molar-refractivity contribution >= 4 is 115 Å². The van der Waals surface area contributed by atoms with Crippen LogP contribution in [0, 0.1) is 12.8 Å². The van der Waals surface area contributed by atoms with Crippen LogP contribution in [0.4, 0.5) is 5.82 Å². The largest absolute Gasteiger partial charge is 0.481 e. The van der Waals surface area contributed by atoms with Crippen molar-refractivity contribution in [3.63, 3.8) is 0 Å². The van der Waals surface area contributed by atoms with E-state index in [1.54, 1.807) is 29.8 Å². The van der Waals surface area contributed by atoms with Gasteiger partial charge < -0.3 is 36.4 Å². The third kappa shape index (κ3) is 13.8. The molecular formula is C53H53N13O9S6. The van der Waals surface area contributed by atoms with E-state index in [1.807, 2.05) is 54.9 Å². The van der Waals surface area contributed by atoms with Gasteiger partial charge in [-0.2, -0.15) is 0 Å². The molecule has 10 bridgehead atoms. The molecule has 81 heavy (non-hydrogen) atoms. The second kappa shape index (κ2) is 25.9. The predicted molar refractivity (Wildman–Crippen MR) is 311 cm³/mol. The summed E-state index contributed by atoms with van der Waals surface area (Å²) in [6.07, 6.45) is 0.272. The molecule has 2 unspecified atom stereocenters. The van der Waals surface area contributed by atoms with Crippen molar-refractivity contribution in [3.8, 4) is 43.4 Å². The standard InChI is InChI=1S/C53H53N13O9S6/c1-25(2)41-53-65-44(36(81-53)20-75-6)46(73)55-19-39(69)56-31(17-28-11-8-7-9-12-28)50-61-35(23-78-50)51-59-33(21-77-51)43-29(14-15-30(57-43)49-62-37(24-79-49)66(27(4)67)16-10-13-40(70)71)48-60-34(22-76-48)45(72)58-32(18-38(68)54-5)52-64-42(26(3)80-52)47(74)63-41/h7-9,11-12,14-15,21-25,31-32,41H,10,13,16-20H2,1-6H3,(H,54,68)(H,55,73)(H,56,69)(H,58,72)(H,63,74)(H,70,71)/t31?,32-,41?/m0/s1. The number of nitrogens with one attached hydrogen (secondary N) is 5. The van der Waals surface area contributed by atoms with E-state index in [0.717, 1.165) is 16.9 Å². The van der Waals surface area contributed by atoms with E-state index >= 15 is 0 Å². The Bertz CT molecular complexity index is 3640. The van der Waals surface area contributed by atoms with Crippen LogP contribution in [-0.2, 0) is 36.9 Å². The molecule has 6 N–H and O–H groups in total. The number of carboxylic acids is 1. The first-order valence-electron chi connectivity index (χ1n) is 25.2. The number of carbonyl (C=O) groups is 7. The number of pyridine rings is 1. The Morgan fingerprint density at radius 1 is 0.728 bits per heavy atom. The van der Waals surface area contributed by atoms with E-state index in [-0.39, 0.29) is 61.3 Å². The van der Waals surface area contributed by atoms with Gasteiger partial charge in [0.05, 0.1) is 48.3 Å². The van der Waals surface area contributed by atoms with Gasteiger partial charge in [-0.3, -0.25) is 38.5 Å². The lowest BCUT2D eigenvalue weighted by molar-refractivity contribution is -0.137. The van der Waals surface area contributed by atoms with Crippen LogP contribution in [-0.4, -0.2) is 109 Å². The van der Waals surface area contributed by atoms with Crippen LogP contribution in [0.15, 0.2) is 64.0 Å². The molecule has 0 fully saturated rings. The number of carboxylic acid groups (broad SMARTS) is 1. The molecule has 22 nitrogen and oxygen atoms in total. The van der Waals surface area contributed by atoms with Crippen LogP contribution in [0.25, 0.3) is 43.4 Å². The molecule has 8 aromatic rings. The van der Waals surface area contributed by atoms with Crippen LogP contribution in [0.1, 0.15) is 120 Å². The quantitative estimate of drug-likeness (QED) is 0.0636. The molecule has 1 aliphatic heterocycles. The second-order valence-electron chi connectivity index (χ2n) is 18.7. The van der Waals surface area contributed by atoms with Crippen molar-refractivity contribution in [1.29, 1.82) is 0 Å². The van der Waals surface area contributed by atoms with Gasteiger partial charge in [0, 0.05) is 66.0 Å². The van der Waals surface area contributed by atoms with Gasteiger partial charge in [-0.25, -0.2) is 34.9 Å². The SMILES string of the molecule is CNC(=O)C[C@@H]1NC(=O)c2csc(n2)-c2ccc(-c3nc(N(CCCC(=O)O)C(C)=O)cs3)nc2-c2csc(n2)-c2csc(n2)C(Cc2ccccc2)NC(=O)CNC(=O)c2nc(sc2COC)C(C(C)C)NC(=O)c2nc1sc2C. The van der Waals surface area contributed by atoms with Crippen LogP contribution < -0.4 is 31.5 Å². The first-order valence-corrected chi connectivity index (χ1v) is 30.4. The van der Waals surface area contributed by atoms with Crippen LogP contribution in [0.3, 0.4) is 0 Å². The van der Waals surface area contributed by atoms with E-state index in [2.05, 4.69) is 26.6 Å². The minimum Gasteiger partial charge on any atom is -0.481 e. The van der Waals surface area contributed by atoms with Crippen LogP contribution in [0.2, 0.25) is 0 Å². The van der Waals surface area contributed by atoms with Gasteiger partial charge in [0.25, 0.3) is 17.7 Å². The lowest BCUT2D eigenvalue weighted by atomic mass is 10.0. The van der Waals surface area contributed by atoms with Crippen molar-refractivity contribution in [2.24, 2.45) is 5.92 Å². The van der Waals surface area contributed by atoms with E-state index in [4.69, 9.17) is 39.6 Å². The molecule has 0 spiro atoms. The molecule has 0 aliphatic carbocycles. The Labute approximate surface area is 488 Å². The average molecular weight is 1210 g/mol. The molecule has 28 heteroatoms. The van der Waals surface area contributed by atoms with Crippen molar-refractivity contribution in [3.05, 3.63) is 111 Å².